The monoisotopic (exact) mass is 305 g/mol. The zero-order valence-corrected chi connectivity index (χ0v) is 13.9. The Kier molecular flexibility index (Phi) is 5.59. The highest BCUT2D eigenvalue weighted by atomic mass is 32.1. The molecular weight excluding hydrogens is 282 g/mol. The van der Waals surface area contributed by atoms with Gasteiger partial charge in [-0.2, -0.15) is 0 Å². The average Bonchev–Trinajstić information content (AvgIpc) is 3.01. The van der Waals surface area contributed by atoms with Crippen molar-refractivity contribution in [3.05, 3.63) is 35.3 Å². The fraction of sp³-hybridized carbons (Fsp3) is 0.438. The molecule has 1 N–H and O–H groups in total. The van der Waals surface area contributed by atoms with Crippen molar-refractivity contribution >= 4 is 22.2 Å². The van der Waals surface area contributed by atoms with Gasteiger partial charge in [-0.25, -0.2) is 4.98 Å². The number of rotatable bonds is 7. The van der Waals surface area contributed by atoms with Crippen LogP contribution in [0.4, 0.5) is 10.8 Å². The summed E-state index contributed by atoms with van der Waals surface area (Å²) in [6, 6.07) is 8.26. The van der Waals surface area contributed by atoms with Gasteiger partial charge >= 0.3 is 0 Å². The first-order valence-electron chi connectivity index (χ1n) is 7.23. The minimum atomic E-state index is 0.279. The summed E-state index contributed by atoms with van der Waals surface area (Å²) in [6.45, 7) is 5.33. The lowest BCUT2D eigenvalue weighted by Crippen LogP contribution is -2.19. The molecule has 1 heterocycles. The van der Waals surface area contributed by atoms with Crippen LogP contribution < -0.4 is 15.0 Å². The van der Waals surface area contributed by atoms with Crippen LogP contribution in [0.3, 0.4) is 0 Å². The van der Waals surface area contributed by atoms with Gasteiger partial charge in [0.15, 0.2) is 5.13 Å². The predicted molar refractivity (Wildman–Crippen MR) is 89.9 cm³/mol. The Morgan fingerprint density at radius 2 is 2.14 bits per heavy atom. The van der Waals surface area contributed by atoms with Crippen LogP contribution in [0.2, 0.25) is 0 Å². The summed E-state index contributed by atoms with van der Waals surface area (Å²) >= 11 is 1.65. The third-order valence-electron chi connectivity index (χ3n) is 3.39. The molecule has 0 fully saturated rings. The maximum atomic E-state index is 5.42. The van der Waals surface area contributed by atoms with Crippen LogP contribution in [-0.4, -0.2) is 25.7 Å². The third-order valence-corrected chi connectivity index (χ3v) is 4.32. The summed E-state index contributed by atoms with van der Waals surface area (Å²) in [7, 11) is 3.71. The highest BCUT2D eigenvalue weighted by Gasteiger charge is 2.15. The second-order valence-electron chi connectivity index (χ2n) is 4.96. The van der Waals surface area contributed by atoms with Gasteiger partial charge in [-0.05, 0) is 32.0 Å². The Balaban J connectivity index is 2.17. The fourth-order valence-electron chi connectivity index (χ4n) is 2.10. The molecule has 2 rings (SSSR count). The molecule has 1 atom stereocenters. The van der Waals surface area contributed by atoms with Gasteiger partial charge in [0.25, 0.3) is 0 Å². The SMILES string of the molecule is CCCNC(C)c1csc(N(C)c2ccccc2OC)n1. The van der Waals surface area contributed by atoms with Crippen LogP contribution in [-0.2, 0) is 0 Å². The number of nitrogens with zero attached hydrogens (tertiary/aromatic N) is 2. The number of ether oxygens (including phenoxy) is 1. The van der Waals surface area contributed by atoms with Crippen LogP contribution in [0.25, 0.3) is 0 Å². The van der Waals surface area contributed by atoms with Crippen molar-refractivity contribution in [2.75, 3.05) is 25.6 Å². The molecule has 0 saturated heterocycles. The molecule has 0 radical (unpaired) electrons. The largest absolute Gasteiger partial charge is 0.495 e. The van der Waals surface area contributed by atoms with Gasteiger partial charge in [-0.15, -0.1) is 11.3 Å². The fourth-order valence-corrected chi connectivity index (χ4v) is 3.00. The minimum Gasteiger partial charge on any atom is -0.495 e. The molecule has 21 heavy (non-hydrogen) atoms. The van der Waals surface area contributed by atoms with Gasteiger partial charge in [-0.1, -0.05) is 19.1 Å². The van der Waals surface area contributed by atoms with Gasteiger partial charge < -0.3 is 15.0 Å². The maximum Gasteiger partial charge on any atom is 0.189 e. The van der Waals surface area contributed by atoms with Gasteiger partial charge in [0.2, 0.25) is 0 Å². The molecule has 0 aliphatic rings. The molecule has 1 aromatic carbocycles. The van der Waals surface area contributed by atoms with Crippen molar-refractivity contribution in [1.82, 2.24) is 10.3 Å². The molecule has 0 aliphatic heterocycles. The van der Waals surface area contributed by atoms with Crippen molar-refractivity contribution in [1.29, 1.82) is 0 Å². The number of thiazole rings is 1. The van der Waals surface area contributed by atoms with Gasteiger partial charge in [0.1, 0.15) is 5.75 Å². The lowest BCUT2D eigenvalue weighted by molar-refractivity contribution is 0.415. The molecule has 114 valence electrons. The zero-order valence-electron chi connectivity index (χ0n) is 13.1. The number of hydrogen-bond acceptors (Lipinski definition) is 5. The molecule has 1 aromatic heterocycles. The molecule has 0 saturated carbocycles. The molecule has 0 amide bonds. The van der Waals surface area contributed by atoms with Gasteiger partial charge in [0.05, 0.1) is 18.5 Å². The topological polar surface area (TPSA) is 37.4 Å². The van der Waals surface area contributed by atoms with E-state index in [-0.39, 0.29) is 6.04 Å². The van der Waals surface area contributed by atoms with E-state index in [1.807, 2.05) is 31.3 Å². The highest BCUT2D eigenvalue weighted by molar-refractivity contribution is 7.13. The zero-order chi connectivity index (χ0) is 15.2. The number of hydrogen-bond donors (Lipinski definition) is 1. The predicted octanol–water partition coefficient (Wildman–Crippen LogP) is 3.98. The van der Waals surface area contributed by atoms with Crippen molar-refractivity contribution in [2.45, 2.75) is 26.3 Å². The Morgan fingerprint density at radius 3 is 2.86 bits per heavy atom. The van der Waals surface area contributed by atoms with E-state index >= 15 is 0 Å². The van der Waals surface area contributed by atoms with Crippen molar-refractivity contribution < 1.29 is 4.74 Å². The molecule has 4 nitrogen and oxygen atoms in total. The normalized spacial score (nSPS) is 12.2. The lowest BCUT2D eigenvalue weighted by Gasteiger charge is -2.19. The number of methoxy groups -OCH3 is 1. The third kappa shape index (κ3) is 3.74. The van der Waals surface area contributed by atoms with E-state index in [1.165, 1.54) is 0 Å². The van der Waals surface area contributed by atoms with Crippen LogP contribution in [0.5, 0.6) is 5.75 Å². The van der Waals surface area contributed by atoms with Gasteiger partial charge in [0, 0.05) is 18.5 Å². The summed E-state index contributed by atoms with van der Waals surface area (Å²) in [6.07, 6.45) is 1.13. The Labute approximate surface area is 130 Å². The second kappa shape index (κ2) is 7.43. The summed E-state index contributed by atoms with van der Waals surface area (Å²) in [5.41, 5.74) is 2.11. The Bertz CT molecular complexity index is 570. The van der Waals surface area contributed by atoms with Crippen molar-refractivity contribution in [3.8, 4) is 5.75 Å². The highest BCUT2D eigenvalue weighted by Crippen LogP contribution is 2.34. The van der Waals surface area contributed by atoms with Crippen LogP contribution in [0, 0.1) is 0 Å². The molecule has 5 heteroatoms. The summed E-state index contributed by atoms with van der Waals surface area (Å²) in [4.78, 5) is 6.81. The van der Waals surface area contributed by atoms with Crippen LogP contribution >= 0.6 is 11.3 Å². The quantitative estimate of drug-likeness (QED) is 0.839. The number of aromatic nitrogens is 1. The van der Waals surface area contributed by atoms with E-state index in [0.717, 1.165) is 35.2 Å². The number of para-hydroxylation sites is 2. The molecule has 0 bridgehead atoms. The molecule has 1 unspecified atom stereocenters. The maximum absolute atomic E-state index is 5.42. The smallest absolute Gasteiger partial charge is 0.189 e. The van der Waals surface area contributed by atoms with Crippen LogP contribution in [0.1, 0.15) is 32.0 Å². The summed E-state index contributed by atoms with van der Waals surface area (Å²) in [5, 5.41) is 6.56. The summed E-state index contributed by atoms with van der Waals surface area (Å²) < 4.78 is 5.42. The number of benzene rings is 1. The average molecular weight is 305 g/mol. The van der Waals surface area contributed by atoms with E-state index in [2.05, 4.69) is 29.4 Å². The number of anilines is 2. The second-order valence-corrected chi connectivity index (χ2v) is 5.80. The van der Waals surface area contributed by atoms with E-state index in [9.17, 15) is 0 Å². The molecule has 2 aromatic rings. The Morgan fingerprint density at radius 1 is 1.38 bits per heavy atom. The minimum absolute atomic E-state index is 0.279. The Hall–Kier alpha value is -1.59. The van der Waals surface area contributed by atoms with E-state index < -0.39 is 0 Å². The van der Waals surface area contributed by atoms with E-state index in [1.54, 1.807) is 18.4 Å². The summed E-state index contributed by atoms with van der Waals surface area (Å²) in [5.74, 6) is 0.855. The lowest BCUT2D eigenvalue weighted by atomic mass is 10.2. The van der Waals surface area contributed by atoms with E-state index in [4.69, 9.17) is 9.72 Å². The first-order chi connectivity index (χ1) is 10.2. The number of nitrogens with one attached hydrogen (secondary N) is 1. The molecule has 0 spiro atoms. The first kappa shape index (κ1) is 15.8. The molecule has 0 aliphatic carbocycles. The van der Waals surface area contributed by atoms with E-state index in [0.29, 0.717) is 0 Å². The molecular formula is C16H23N3OS. The van der Waals surface area contributed by atoms with Crippen molar-refractivity contribution in [2.24, 2.45) is 0 Å². The van der Waals surface area contributed by atoms with Crippen molar-refractivity contribution in [3.63, 3.8) is 0 Å². The standard InChI is InChI=1S/C16H23N3OS/c1-5-10-17-12(2)13-11-21-16(18-13)19(3)14-8-6-7-9-15(14)20-4/h6-9,11-12,17H,5,10H2,1-4H3. The van der Waals surface area contributed by atoms with Gasteiger partial charge in [-0.3, -0.25) is 0 Å². The first-order valence-corrected chi connectivity index (χ1v) is 8.10. The van der Waals surface area contributed by atoms with Crippen LogP contribution in [0.15, 0.2) is 29.6 Å².